The lowest BCUT2D eigenvalue weighted by Gasteiger charge is -2.06. The molecule has 6 heteroatoms. The van der Waals surface area contributed by atoms with Gasteiger partial charge in [0, 0.05) is 30.8 Å². The van der Waals surface area contributed by atoms with Crippen molar-refractivity contribution in [3.05, 3.63) is 42.0 Å². The fraction of sp³-hybridized carbons (Fsp3) is 0.267. The first-order valence-electron chi connectivity index (χ1n) is 6.50. The van der Waals surface area contributed by atoms with E-state index in [0.29, 0.717) is 30.3 Å². The van der Waals surface area contributed by atoms with Crippen molar-refractivity contribution in [2.45, 2.75) is 0 Å². The van der Waals surface area contributed by atoms with Crippen LogP contribution in [-0.2, 0) is 4.74 Å². The van der Waals surface area contributed by atoms with Crippen LogP contribution in [0.1, 0.15) is 10.4 Å². The van der Waals surface area contributed by atoms with Gasteiger partial charge in [-0.1, -0.05) is 12.1 Å². The maximum atomic E-state index is 12.0. The number of amides is 1. The molecule has 1 heterocycles. The summed E-state index contributed by atoms with van der Waals surface area (Å²) < 4.78 is 9.87. The summed E-state index contributed by atoms with van der Waals surface area (Å²) in [6.07, 6.45) is 0. The molecule has 0 aliphatic carbocycles. The van der Waals surface area contributed by atoms with Gasteiger partial charge in [0.1, 0.15) is 0 Å². The number of nitrogens with one attached hydrogen (secondary N) is 1. The number of nitrogens with zero attached hydrogens (tertiary/aromatic N) is 2. The Morgan fingerprint density at radius 3 is 2.71 bits per heavy atom. The maximum absolute atomic E-state index is 12.0. The Kier molecular flexibility index (Phi) is 5.22. The van der Waals surface area contributed by atoms with E-state index in [-0.39, 0.29) is 5.91 Å². The highest BCUT2D eigenvalue weighted by Crippen LogP contribution is 2.19. The highest BCUT2D eigenvalue weighted by Gasteiger charge is 2.07. The Labute approximate surface area is 123 Å². The minimum atomic E-state index is -0.143. The van der Waals surface area contributed by atoms with Gasteiger partial charge in [-0.15, -0.1) is 10.2 Å². The van der Waals surface area contributed by atoms with Crippen LogP contribution in [0, 0.1) is 0 Å². The molecule has 1 amide bonds. The second kappa shape index (κ2) is 7.35. The number of carbonyl (C=O) groups is 1. The summed E-state index contributed by atoms with van der Waals surface area (Å²) >= 11 is 0. The Hall–Kier alpha value is -2.47. The van der Waals surface area contributed by atoms with Crippen molar-refractivity contribution >= 4 is 5.91 Å². The smallest absolute Gasteiger partial charge is 0.251 e. The van der Waals surface area contributed by atoms with Crippen LogP contribution in [0.2, 0.25) is 0 Å². The summed E-state index contributed by atoms with van der Waals surface area (Å²) in [6, 6.07) is 10.7. The number of hydrogen-bond donors (Lipinski definition) is 1. The Morgan fingerprint density at radius 2 is 2.05 bits per heavy atom. The number of hydrogen-bond acceptors (Lipinski definition) is 5. The number of aromatic nitrogens is 2. The van der Waals surface area contributed by atoms with Gasteiger partial charge in [0.25, 0.3) is 5.91 Å². The molecule has 2 aromatic rings. The largest absolute Gasteiger partial charge is 0.480 e. The highest BCUT2D eigenvalue weighted by atomic mass is 16.5. The summed E-state index contributed by atoms with van der Waals surface area (Å²) in [5, 5.41) is 10.8. The van der Waals surface area contributed by atoms with Crippen molar-refractivity contribution in [3.63, 3.8) is 0 Å². The van der Waals surface area contributed by atoms with Crippen LogP contribution in [0.25, 0.3) is 11.3 Å². The molecule has 21 heavy (non-hydrogen) atoms. The summed E-state index contributed by atoms with van der Waals surface area (Å²) in [5.41, 5.74) is 2.08. The van der Waals surface area contributed by atoms with Gasteiger partial charge < -0.3 is 14.8 Å². The van der Waals surface area contributed by atoms with E-state index >= 15 is 0 Å². The SMILES string of the molecule is COCCNC(=O)c1cccc(-c2ccc(OC)nn2)c1. The monoisotopic (exact) mass is 287 g/mol. The Balaban J connectivity index is 2.14. The number of carbonyl (C=O) groups excluding carboxylic acids is 1. The number of methoxy groups -OCH3 is 2. The van der Waals surface area contributed by atoms with E-state index in [1.54, 1.807) is 31.4 Å². The van der Waals surface area contributed by atoms with Crippen LogP contribution in [-0.4, -0.2) is 43.5 Å². The third kappa shape index (κ3) is 4.00. The molecule has 0 saturated carbocycles. The van der Waals surface area contributed by atoms with Crippen molar-refractivity contribution in [2.75, 3.05) is 27.4 Å². The lowest BCUT2D eigenvalue weighted by atomic mass is 10.1. The van der Waals surface area contributed by atoms with Gasteiger partial charge in [-0.05, 0) is 18.2 Å². The summed E-state index contributed by atoms with van der Waals surface area (Å²) in [4.78, 5) is 12.0. The van der Waals surface area contributed by atoms with Crippen molar-refractivity contribution in [1.29, 1.82) is 0 Å². The lowest BCUT2D eigenvalue weighted by Crippen LogP contribution is -2.26. The third-order valence-electron chi connectivity index (χ3n) is 2.86. The fourth-order valence-electron chi connectivity index (χ4n) is 1.77. The molecule has 1 aromatic heterocycles. The van der Waals surface area contributed by atoms with Gasteiger partial charge >= 0.3 is 0 Å². The van der Waals surface area contributed by atoms with Crippen LogP contribution in [0.5, 0.6) is 5.88 Å². The molecule has 0 radical (unpaired) electrons. The van der Waals surface area contributed by atoms with E-state index in [9.17, 15) is 4.79 Å². The normalized spacial score (nSPS) is 10.2. The van der Waals surface area contributed by atoms with Crippen molar-refractivity contribution < 1.29 is 14.3 Å². The molecule has 0 spiro atoms. The topological polar surface area (TPSA) is 73.3 Å². The molecule has 0 aliphatic heterocycles. The van der Waals surface area contributed by atoms with Crippen LogP contribution in [0.4, 0.5) is 0 Å². The number of rotatable bonds is 6. The summed E-state index contributed by atoms with van der Waals surface area (Å²) in [7, 11) is 3.13. The quantitative estimate of drug-likeness (QED) is 0.816. The standard InChI is InChI=1S/C15H17N3O3/c1-20-9-8-16-15(19)12-5-3-4-11(10-12)13-6-7-14(21-2)18-17-13/h3-7,10H,8-9H2,1-2H3,(H,16,19). The molecule has 1 aromatic carbocycles. The van der Waals surface area contributed by atoms with Crippen LogP contribution >= 0.6 is 0 Å². The summed E-state index contributed by atoms with van der Waals surface area (Å²) in [6.45, 7) is 0.956. The van der Waals surface area contributed by atoms with Gasteiger partial charge in [-0.3, -0.25) is 4.79 Å². The lowest BCUT2D eigenvalue weighted by molar-refractivity contribution is 0.0937. The second-order valence-electron chi connectivity index (χ2n) is 4.29. The molecule has 110 valence electrons. The molecule has 0 atom stereocenters. The molecular weight excluding hydrogens is 270 g/mol. The van der Waals surface area contributed by atoms with Gasteiger partial charge in [-0.2, -0.15) is 0 Å². The van der Waals surface area contributed by atoms with Crippen LogP contribution < -0.4 is 10.1 Å². The predicted molar refractivity (Wildman–Crippen MR) is 78.2 cm³/mol. The molecule has 2 rings (SSSR count). The average molecular weight is 287 g/mol. The third-order valence-corrected chi connectivity index (χ3v) is 2.86. The molecule has 0 bridgehead atoms. The van der Waals surface area contributed by atoms with Crippen molar-refractivity contribution in [2.24, 2.45) is 0 Å². The minimum Gasteiger partial charge on any atom is -0.480 e. The van der Waals surface area contributed by atoms with Gasteiger partial charge in [0.2, 0.25) is 5.88 Å². The van der Waals surface area contributed by atoms with Gasteiger partial charge in [-0.25, -0.2) is 0 Å². The zero-order chi connectivity index (χ0) is 15.1. The molecule has 0 unspecified atom stereocenters. The first-order chi connectivity index (χ1) is 10.2. The van der Waals surface area contributed by atoms with Crippen LogP contribution in [0.3, 0.4) is 0 Å². The van der Waals surface area contributed by atoms with Gasteiger partial charge in [0.15, 0.2) is 0 Å². The fourth-order valence-corrected chi connectivity index (χ4v) is 1.77. The molecule has 6 nitrogen and oxygen atoms in total. The highest BCUT2D eigenvalue weighted by molar-refractivity contribution is 5.95. The van der Waals surface area contributed by atoms with E-state index in [1.807, 2.05) is 12.1 Å². The van der Waals surface area contributed by atoms with E-state index < -0.39 is 0 Å². The molecule has 1 N–H and O–H groups in total. The molecule has 0 aliphatic rings. The maximum Gasteiger partial charge on any atom is 0.251 e. The minimum absolute atomic E-state index is 0.143. The number of ether oxygens (including phenoxy) is 2. The van der Waals surface area contributed by atoms with Crippen molar-refractivity contribution in [3.8, 4) is 17.1 Å². The van der Waals surface area contributed by atoms with Crippen LogP contribution in [0.15, 0.2) is 36.4 Å². The Bertz CT molecular complexity index is 599. The number of benzene rings is 1. The molecular formula is C15H17N3O3. The van der Waals surface area contributed by atoms with Gasteiger partial charge in [0.05, 0.1) is 19.4 Å². The zero-order valence-electron chi connectivity index (χ0n) is 12.0. The predicted octanol–water partition coefficient (Wildman–Crippen LogP) is 1.53. The second-order valence-corrected chi connectivity index (χ2v) is 4.29. The van der Waals surface area contributed by atoms with E-state index in [1.165, 1.54) is 7.11 Å². The summed E-state index contributed by atoms with van der Waals surface area (Å²) in [5.74, 6) is 0.308. The van der Waals surface area contributed by atoms with E-state index in [0.717, 1.165) is 5.56 Å². The first kappa shape index (κ1) is 14.9. The zero-order valence-corrected chi connectivity index (χ0v) is 12.0. The average Bonchev–Trinajstić information content (AvgIpc) is 2.55. The molecule has 0 fully saturated rings. The van der Waals surface area contributed by atoms with E-state index in [2.05, 4.69) is 15.5 Å². The molecule has 0 saturated heterocycles. The van der Waals surface area contributed by atoms with Crippen molar-refractivity contribution in [1.82, 2.24) is 15.5 Å². The van der Waals surface area contributed by atoms with E-state index in [4.69, 9.17) is 9.47 Å². The first-order valence-corrected chi connectivity index (χ1v) is 6.50. The Morgan fingerprint density at radius 1 is 1.19 bits per heavy atom.